The number of pyridine rings is 1. The maximum Gasteiger partial charge on any atom is 0.140 e. The summed E-state index contributed by atoms with van der Waals surface area (Å²) in [7, 11) is 1.61. The molecule has 0 aromatic carbocycles. The van der Waals surface area contributed by atoms with Crippen LogP contribution >= 0.6 is 0 Å². The number of nitriles is 1. The highest BCUT2D eigenvalue weighted by molar-refractivity contribution is 5.29. The fraction of sp³-hybridized carbons (Fsp3) is 0.400. The fourth-order valence-corrected chi connectivity index (χ4v) is 1.14. The van der Waals surface area contributed by atoms with Crippen LogP contribution < -0.4 is 4.74 Å². The Morgan fingerprint density at radius 3 is 2.92 bits per heavy atom. The first-order valence-electron chi connectivity index (χ1n) is 4.15. The molecule has 3 heteroatoms. The zero-order valence-corrected chi connectivity index (χ0v) is 7.87. The van der Waals surface area contributed by atoms with E-state index in [9.17, 15) is 0 Å². The van der Waals surface area contributed by atoms with Gasteiger partial charge in [-0.3, -0.25) is 4.98 Å². The van der Waals surface area contributed by atoms with Gasteiger partial charge < -0.3 is 4.74 Å². The van der Waals surface area contributed by atoms with E-state index in [-0.39, 0.29) is 0 Å². The van der Waals surface area contributed by atoms with Gasteiger partial charge in [-0.2, -0.15) is 5.26 Å². The predicted octanol–water partition coefficient (Wildman–Crippen LogP) is 1.85. The topological polar surface area (TPSA) is 45.9 Å². The SMILES string of the molecule is COc1ccc(C)nc1CCC#N. The molecule has 0 fully saturated rings. The molecule has 0 radical (unpaired) electrons. The lowest BCUT2D eigenvalue weighted by molar-refractivity contribution is 0.406. The van der Waals surface area contributed by atoms with E-state index < -0.39 is 0 Å². The van der Waals surface area contributed by atoms with Gasteiger partial charge in [-0.25, -0.2) is 0 Å². The minimum Gasteiger partial charge on any atom is -0.495 e. The summed E-state index contributed by atoms with van der Waals surface area (Å²) in [5, 5.41) is 8.44. The van der Waals surface area contributed by atoms with E-state index in [1.54, 1.807) is 7.11 Å². The van der Waals surface area contributed by atoms with Crippen LogP contribution in [-0.4, -0.2) is 12.1 Å². The normalized spacial score (nSPS) is 9.31. The number of rotatable bonds is 3. The summed E-state index contributed by atoms with van der Waals surface area (Å²) in [5.74, 6) is 0.765. The largest absolute Gasteiger partial charge is 0.495 e. The molecule has 0 aliphatic rings. The third-order valence-electron chi connectivity index (χ3n) is 1.77. The Kier molecular flexibility index (Phi) is 3.27. The average Bonchev–Trinajstić information content (AvgIpc) is 2.15. The summed E-state index contributed by atoms with van der Waals surface area (Å²) in [6, 6.07) is 5.87. The monoisotopic (exact) mass is 176 g/mol. The van der Waals surface area contributed by atoms with Gasteiger partial charge in [0.15, 0.2) is 0 Å². The Hall–Kier alpha value is -1.56. The molecular formula is C10H12N2O. The molecule has 0 N–H and O–H groups in total. The molecule has 1 heterocycles. The second-order valence-electron chi connectivity index (χ2n) is 2.76. The van der Waals surface area contributed by atoms with Crippen molar-refractivity contribution in [2.75, 3.05) is 7.11 Å². The van der Waals surface area contributed by atoms with Gasteiger partial charge in [0, 0.05) is 18.5 Å². The Labute approximate surface area is 78.0 Å². The van der Waals surface area contributed by atoms with E-state index in [1.165, 1.54) is 0 Å². The van der Waals surface area contributed by atoms with Crippen molar-refractivity contribution in [1.82, 2.24) is 4.98 Å². The first kappa shape index (κ1) is 9.53. The number of aromatic nitrogens is 1. The predicted molar refractivity (Wildman–Crippen MR) is 49.5 cm³/mol. The fourth-order valence-electron chi connectivity index (χ4n) is 1.14. The summed E-state index contributed by atoms with van der Waals surface area (Å²) < 4.78 is 5.13. The molecule has 0 saturated heterocycles. The van der Waals surface area contributed by atoms with Gasteiger partial charge in [-0.05, 0) is 19.1 Å². The molecule has 0 amide bonds. The average molecular weight is 176 g/mol. The van der Waals surface area contributed by atoms with Crippen LogP contribution in [0.3, 0.4) is 0 Å². The lowest BCUT2D eigenvalue weighted by atomic mass is 10.2. The second kappa shape index (κ2) is 4.46. The third kappa shape index (κ3) is 2.45. The highest BCUT2D eigenvalue weighted by atomic mass is 16.5. The highest BCUT2D eigenvalue weighted by Gasteiger charge is 2.03. The molecular weight excluding hydrogens is 164 g/mol. The standard InChI is InChI=1S/C10H12N2O/c1-8-5-6-10(13-2)9(12-8)4-3-7-11/h5-6H,3-4H2,1-2H3. The molecule has 13 heavy (non-hydrogen) atoms. The first-order chi connectivity index (χ1) is 6.27. The van der Waals surface area contributed by atoms with E-state index in [0.717, 1.165) is 17.1 Å². The maximum absolute atomic E-state index is 8.44. The van der Waals surface area contributed by atoms with E-state index in [2.05, 4.69) is 11.1 Å². The van der Waals surface area contributed by atoms with Crippen LogP contribution in [0.2, 0.25) is 0 Å². The van der Waals surface area contributed by atoms with Gasteiger partial charge in [0.25, 0.3) is 0 Å². The number of nitrogens with zero attached hydrogens (tertiary/aromatic N) is 2. The van der Waals surface area contributed by atoms with Crippen molar-refractivity contribution < 1.29 is 4.74 Å². The van der Waals surface area contributed by atoms with Crippen LogP contribution in [0, 0.1) is 18.3 Å². The second-order valence-corrected chi connectivity index (χ2v) is 2.76. The number of aryl methyl sites for hydroxylation is 2. The van der Waals surface area contributed by atoms with Crippen molar-refractivity contribution >= 4 is 0 Å². The smallest absolute Gasteiger partial charge is 0.140 e. The van der Waals surface area contributed by atoms with Crippen LogP contribution in [0.25, 0.3) is 0 Å². The van der Waals surface area contributed by atoms with Gasteiger partial charge in [-0.1, -0.05) is 0 Å². The summed E-state index contributed by atoms with van der Waals surface area (Å²) >= 11 is 0. The molecule has 1 rings (SSSR count). The quantitative estimate of drug-likeness (QED) is 0.706. The van der Waals surface area contributed by atoms with Gasteiger partial charge >= 0.3 is 0 Å². The Balaban J connectivity index is 2.89. The molecule has 1 aromatic rings. The van der Waals surface area contributed by atoms with E-state index in [0.29, 0.717) is 12.8 Å². The molecule has 68 valence electrons. The maximum atomic E-state index is 8.44. The summed E-state index contributed by atoms with van der Waals surface area (Å²) in [4.78, 5) is 4.31. The van der Waals surface area contributed by atoms with Crippen molar-refractivity contribution in [3.05, 3.63) is 23.5 Å². The van der Waals surface area contributed by atoms with Crippen molar-refractivity contribution in [3.8, 4) is 11.8 Å². The summed E-state index contributed by atoms with van der Waals surface area (Å²) in [6.07, 6.45) is 1.13. The Morgan fingerprint density at radius 2 is 2.31 bits per heavy atom. The van der Waals surface area contributed by atoms with Gasteiger partial charge in [0.05, 0.1) is 18.9 Å². The molecule has 1 aromatic heterocycles. The summed E-state index contributed by atoms with van der Waals surface area (Å²) in [5.41, 5.74) is 1.82. The molecule has 0 spiro atoms. The molecule has 0 aliphatic carbocycles. The Morgan fingerprint density at radius 1 is 1.54 bits per heavy atom. The van der Waals surface area contributed by atoms with Crippen LogP contribution in [0.15, 0.2) is 12.1 Å². The summed E-state index contributed by atoms with van der Waals surface area (Å²) in [6.45, 7) is 1.93. The van der Waals surface area contributed by atoms with E-state index in [4.69, 9.17) is 10.00 Å². The first-order valence-corrected chi connectivity index (χ1v) is 4.15. The number of methoxy groups -OCH3 is 1. The number of ether oxygens (including phenoxy) is 1. The number of hydrogen-bond acceptors (Lipinski definition) is 3. The minimum absolute atomic E-state index is 0.479. The lowest BCUT2D eigenvalue weighted by Gasteiger charge is -2.06. The highest BCUT2D eigenvalue weighted by Crippen LogP contribution is 2.17. The lowest BCUT2D eigenvalue weighted by Crippen LogP contribution is -1.97. The molecule has 3 nitrogen and oxygen atoms in total. The van der Waals surface area contributed by atoms with Crippen molar-refractivity contribution in [2.24, 2.45) is 0 Å². The molecule has 0 saturated carbocycles. The van der Waals surface area contributed by atoms with Crippen LogP contribution in [0.1, 0.15) is 17.8 Å². The molecule has 0 unspecified atom stereocenters. The molecule has 0 atom stereocenters. The van der Waals surface area contributed by atoms with Crippen molar-refractivity contribution in [1.29, 1.82) is 5.26 Å². The van der Waals surface area contributed by atoms with Crippen LogP contribution in [0.5, 0.6) is 5.75 Å². The van der Waals surface area contributed by atoms with Gasteiger partial charge in [0.2, 0.25) is 0 Å². The number of hydrogen-bond donors (Lipinski definition) is 0. The molecule has 0 bridgehead atoms. The van der Waals surface area contributed by atoms with Gasteiger partial charge in [0.1, 0.15) is 5.75 Å². The zero-order valence-electron chi connectivity index (χ0n) is 7.87. The minimum atomic E-state index is 0.479. The van der Waals surface area contributed by atoms with E-state index in [1.807, 2.05) is 19.1 Å². The zero-order chi connectivity index (χ0) is 9.68. The van der Waals surface area contributed by atoms with Crippen LogP contribution in [0.4, 0.5) is 0 Å². The van der Waals surface area contributed by atoms with Crippen molar-refractivity contribution in [3.63, 3.8) is 0 Å². The third-order valence-corrected chi connectivity index (χ3v) is 1.77. The van der Waals surface area contributed by atoms with Crippen LogP contribution in [-0.2, 0) is 6.42 Å². The van der Waals surface area contributed by atoms with E-state index >= 15 is 0 Å². The van der Waals surface area contributed by atoms with Gasteiger partial charge in [-0.15, -0.1) is 0 Å². The Bertz CT molecular complexity index is 328. The molecule has 0 aliphatic heterocycles. The van der Waals surface area contributed by atoms with Crippen molar-refractivity contribution in [2.45, 2.75) is 19.8 Å².